The lowest BCUT2D eigenvalue weighted by molar-refractivity contribution is -0.155. The van der Waals surface area contributed by atoms with E-state index < -0.39 is 24.3 Å². The number of ether oxygens (including phenoxy) is 1. The molecule has 0 aliphatic carbocycles. The van der Waals surface area contributed by atoms with Crippen LogP contribution in [-0.2, 0) is 9.53 Å². The second-order valence-corrected chi connectivity index (χ2v) is 3.93. The summed E-state index contributed by atoms with van der Waals surface area (Å²) in [7, 11) is 0. The van der Waals surface area contributed by atoms with Crippen LogP contribution in [0.4, 0.5) is 4.39 Å². The number of hydrogen-bond acceptors (Lipinski definition) is 3. The lowest BCUT2D eigenvalue weighted by atomic mass is 10.2. The van der Waals surface area contributed by atoms with E-state index in [1.54, 1.807) is 20.8 Å². The lowest BCUT2D eigenvalue weighted by Gasteiger charge is -2.19. The molecule has 4 heteroatoms. The second-order valence-electron chi connectivity index (χ2n) is 3.93. The molecule has 0 spiro atoms. The largest absolute Gasteiger partial charge is 0.460 e. The van der Waals surface area contributed by atoms with Crippen LogP contribution < -0.4 is 0 Å². The number of alkyl halides is 1. The molecule has 0 fully saturated rings. The predicted molar refractivity (Wildman–Crippen MR) is 47.1 cm³/mol. The Morgan fingerprint density at radius 3 is 2.46 bits per heavy atom. The number of carbonyl (C=O) groups is 1. The summed E-state index contributed by atoms with van der Waals surface area (Å²) in [5, 5.41) is 8.82. The molecule has 0 aliphatic heterocycles. The number of aliphatic hydroxyl groups excluding tert-OH is 1. The van der Waals surface area contributed by atoms with Crippen LogP contribution in [0.15, 0.2) is 0 Å². The fourth-order valence-electron chi connectivity index (χ4n) is 0.754. The molecule has 0 radical (unpaired) electrons. The molecule has 1 N–H and O–H groups in total. The van der Waals surface area contributed by atoms with E-state index in [9.17, 15) is 9.18 Å². The molecule has 0 heterocycles. The van der Waals surface area contributed by atoms with Gasteiger partial charge < -0.3 is 9.84 Å². The lowest BCUT2D eigenvalue weighted by Crippen LogP contribution is -2.24. The van der Waals surface area contributed by atoms with Gasteiger partial charge in [-0.3, -0.25) is 4.79 Å². The maximum Gasteiger partial charge on any atom is 0.306 e. The highest BCUT2D eigenvalue weighted by atomic mass is 19.1. The van der Waals surface area contributed by atoms with Crippen molar-refractivity contribution < 1.29 is 19.0 Å². The van der Waals surface area contributed by atoms with E-state index in [1.165, 1.54) is 0 Å². The molecule has 1 atom stereocenters. The first-order valence-corrected chi connectivity index (χ1v) is 4.31. The third-order valence-corrected chi connectivity index (χ3v) is 1.28. The van der Waals surface area contributed by atoms with Crippen LogP contribution in [0.5, 0.6) is 0 Å². The van der Waals surface area contributed by atoms with Gasteiger partial charge in [0.15, 0.2) is 0 Å². The van der Waals surface area contributed by atoms with Gasteiger partial charge in [0.2, 0.25) is 0 Å². The highest BCUT2D eigenvalue weighted by molar-refractivity contribution is 5.69. The van der Waals surface area contributed by atoms with Gasteiger partial charge in [-0.2, -0.15) is 0 Å². The van der Waals surface area contributed by atoms with E-state index in [0.29, 0.717) is 0 Å². The van der Waals surface area contributed by atoms with Crippen molar-refractivity contribution in [1.82, 2.24) is 0 Å². The van der Waals surface area contributed by atoms with E-state index in [0.717, 1.165) is 0 Å². The summed E-state index contributed by atoms with van der Waals surface area (Å²) in [6, 6.07) is 0. The van der Waals surface area contributed by atoms with E-state index in [4.69, 9.17) is 9.84 Å². The zero-order valence-electron chi connectivity index (χ0n) is 8.34. The number of carbonyl (C=O) groups excluding carboxylic acids is 1. The van der Waals surface area contributed by atoms with Crippen molar-refractivity contribution in [2.45, 2.75) is 45.3 Å². The van der Waals surface area contributed by atoms with Gasteiger partial charge in [-0.25, -0.2) is 4.39 Å². The van der Waals surface area contributed by atoms with E-state index >= 15 is 0 Å². The molecular formula is C9H17FO3. The summed E-state index contributed by atoms with van der Waals surface area (Å²) in [6.45, 7) is 4.46. The Bertz CT molecular complexity index is 163. The van der Waals surface area contributed by atoms with Gasteiger partial charge in [0.05, 0.1) is 6.10 Å². The van der Waals surface area contributed by atoms with Crippen molar-refractivity contribution in [2.24, 2.45) is 0 Å². The predicted octanol–water partition coefficient (Wildman–Crippen LogP) is 1.44. The fraction of sp³-hybridized carbons (Fsp3) is 0.889. The van der Waals surface area contributed by atoms with Gasteiger partial charge in [0, 0.05) is 6.42 Å². The molecule has 0 amide bonds. The van der Waals surface area contributed by atoms with Crippen molar-refractivity contribution in [3.63, 3.8) is 0 Å². The van der Waals surface area contributed by atoms with Crippen molar-refractivity contribution in [2.75, 3.05) is 6.67 Å². The Balaban J connectivity index is 3.64. The maximum atomic E-state index is 11.8. The van der Waals surface area contributed by atoms with Gasteiger partial charge in [0.25, 0.3) is 0 Å². The minimum atomic E-state index is -1.05. The molecule has 0 aromatic heterocycles. The van der Waals surface area contributed by atoms with Crippen LogP contribution in [0.25, 0.3) is 0 Å². The summed E-state index contributed by atoms with van der Waals surface area (Å²) in [6.07, 6.45) is -0.874. The van der Waals surface area contributed by atoms with Gasteiger partial charge in [-0.1, -0.05) is 0 Å². The van der Waals surface area contributed by atoms with Crippen LogP contribution in [0.1, 0.15) is 33.6 Å². The van der Waals surface area contributed by atoms with Crippen molar-refractivity contribution in [1.29, 1.82) is 0 Å². The Morgan fingerprint density at radius 2 is 2.08 bits per heavy atom. The first-order chi connectivity index (χ1) is 5.85. The third-order valence-electron chi connectivity index (χ3n) is 1.28. The minimum absolute atomic E-state index is 0.0579. The van der Waals surface area contributed by atoms with Gasteiger partial charge >= 0.3 is 5.97 Å². The Morgan fingerprint density at radius 1 is 1.54 bits per heavy atom. The molecule has 0 aromatic carbocycles. The Labute approximate surface area is 77.9 Å². The molecule has 13 heavy (non-hydrogen) atoms. The van der Waals surface area contributed by atoms with Crippen molar-refractivity contribution in [3.8, 4) is 0 Å². The topological polar surface area (TPSA) is 46.5 Å². The van der Waals surface area contributed by atoms with Gasteiger partial charge in [-0.05, 0) is 27.2 Å². The van der Waals surface area contributed by atoms with Gasteiger partial charge in [0.1, 0.15) is 12.3 Å². The zero-order valence-corrected chi connectivity index (χ0v) is 8.34. The van der Waals surface area contributed by atoms with Crippen molar-refractivity contribution >= 4 is 5.97 Å². The maximum absolute atomic E-state index is 11.8. The Hall–Kier alpha value is -0.640. The summed E-state index contributed by atoms with van der Waals surface area (Å²) < 4.78 is 16.7. The molecule has 1 unspecified atom stereocenters. The van der Waals surface area contributed by atoms with E-state index in [1.807, 2.05) is 0 Å². The number of halogens is 1. The molecule has 0 rings (SSSR count). The zero-order chi connectivity index (χ0) is 10.5. The standard InChI is InChI=1S/C9H17FO3/c1-9(2,3)13-8(12)5-4-7(11)6-10/h7,11H,4-6H2,1-3H3. The number of rotatable bonds is 4. The van der Waals surface area contributed by atoms with Crippen molar-refractivity contribution in [3.05, 3.63) is 0 Å². The number of esters is 1. The second kappa shape index (κ2) is 5.17. The monoisotopic (exact) mass is 192 g/mol. The van der Waals surface area contributed by atoms with E-state index in [2.05, 4.69) is 0 Å². The average Bonchev–Trinajstić information content (AvgIpc) is 1.97. The first-order valence-electron chi connectivity index (χ1n) is 4.31. The van der Waals surface area contributed by atoms with E-state index in [-0.39, 0.29) is 12.8 Å². The summed E-state index contributed by atoms with van der Waals surface area (Å²) in [5.41, 5.74) is -0.516. The molecule has 3 nitrogen and oxygen atoms in total. The molecule has 0 aromatic rings. The normalized spacial score (nSPS) is 13.9. The first kappa shape index (κ1) is 12.4. The van der Waals surface area contributed by atoms with Crippen LogP contribution in [-0.4, -0.2) is 29.5 Å². The number of hydrogen-bond donors (Lipinski definition) is 1. The number of aliphatic hydroxyl groups is 1. The highest BCUT2D eigenvalue weighted by Crippen LogP contribution is 2.09. The summed E-state index contributed by atoms with van der Waals surface area (Å²) in [5.74, 6) is -0.403. The molecule has 0 saturated heterocycles. The minimum Gasteiger partial charge on any atom is -0.460 e. The highest BCUT2D eigenvalue weighted by Gasteiger charge is 2.16. The van der Waals surface area contributed by atoms with Crippen LogP contribution >= 0.6 is 0 Å². The molecular weight excluding hydrogens is 175 g/mol. The summed E-state index contributed by atoms with van der Waals surface area (Å²) in [4.78, 5) is 11.0. The SMILES string of the molecule is CC(C)(C)OC(=O)CCC(O)CF. The van der Waals surface area contributed by atoms with Crippen LogP contribution in [0.3, 0.4) is 0 Å². The summed E-state index contributed by atoms with van der Waals surface area (Å²) >= 11 is 0. The molecule has 0 aliphatic rings. The third kappa shape index (κ3) is 7.71. The van der Waals surface area contributed by atoms with Crippen LogP contribution in [0.2, 0.25) is 0 Å². The Kier molecular flexibility index (Phi) is 4.91. The molecule has 78 valence electrons. The molecule has 0 bridgehead atoms. The quantitative estimate of drug-likeness (QED) is 0.685. The molecule has 0 saturated carbocycles. The van der Waals surface area contributed by atoms with Crippen LogP contribution in [0, 0.1) is 0 Å². The fourth-order valence-corrected chi connectivity index (χ4v) is 0.754. The average molecular weight is 192 g/mol. The van der Waals surface area contributed by atoms with Gasteiger partial charge in [-0.15, -0.1) is 0 Å². The smallest absolute Gasteiger partial charge is 0.306 e.